The van der Waals surface area contributed by atoms with Gasteiger partial charge in [-0.05, 0) is 81.0 Å². The quantitative estimate of drug-likeness (QED) is 0.310. The Kier molecular flexibility index (Phi) is 6.26. The van der Waals surface area contributed by atoms with Gasteiger partial charge in [-0.1, -0.05) is 29.8 Å². The molecule has 35 heavy (non-hydrogen) atoms. The maximum absolute atomic E-state index is 6.36. The van der Waals surface area contributed by atoms with Gasteiger partial charge in [0.15, 0.2) is 5.11 Å². The number of pyridine rings is 1. The Bertz CT molecular complexity index is 1400. The van der Waals surface area contributed by atoms with Crippen molar-refractivity contribution in [2.45, 2.75) is 32.9 Å². The van der Waals surface area contributed by atoms with E-state index in [9.17, 15) is 0 Å². The van der Waals surface area contributed by atoms with E-state index in [4.69, 9.17) is 33.5 Å². The third-order valence-electron chi connectivity index (χ3n) is 6.80. The number of aromatic nitrogens is 2. The van der Waals surface area contributed by atoms with E-state index < -0.39 is 0 Å². The van der Waals surface area contributed by atoms with E-state index >= 15 is 0 Å². The van der Waals surface area contributed by atoms with Gasteiger partial charge in [-0.25, -0.2) is 0 Å². The van der Waals surface area contributed by atoms with Crippen molar-refractivity contribution in [3.63, 3.8) is 0 Å². The molecular weight excluding hydrogens is 476 g/mol. The van der Waals surface area contributed by atoms with Gasteiger partial charge in [-0.3, -0.25) is 4.98 Å². The number of ether oxygens (including phenoxy) is 1. The predicted octanol–water partition coefficient (Wildman–Crippen LogP) is 6.64. The number of halogens is 1. The van der Waals surface area contributed by atoms with Crippen LogP contribution in [-0.2, 0) is 0 Å². The van der Waals surface area contributed by atoms with Crippen LogP contribution in [0.3, 0.4) is 0 Å². The SMILES string of the molecule is COc1cccc(N2C(=S)N[C@H](c3ccccn3)[C@H]2c2c(C)c(C)n(-c3cccc(Cl)c3)c2C)c1. The van der Waals surface area contributed by atoms with Crippen LogP contribution < -0.4 is 15.0 Å². The first-order valence-corrected chi connectivity index (χ1v) is 12.3. The topological polar surface area (TPSA) is 42.3 Å². The van der Waals surface area contributed by atoms with E-state index in [-0.39, 0.29) is 12.1 Å². The van der Waals surface area contributed by atoms with Gasteiger partial charge in [0, 0.05) is 45.6 Å². The van der Waals surface area contributed by atoms with Crippen LogP contribution in [0.4, 0.5) is 5.69 Å². The van der Waals surface area contributed by atoms with Gasteiger partial charge in [0.1, 0.15) is 5.75 Å². The number of anilines is 1. The summed E-state index contributed by atoms with van der Waals surface area (Å²) in [6, 6.07) is 21.7. The van der Waals surface area contributed by atoms with Crippen molar-refractivity contribution in [3.05, 3.63) is 106 Å². The molecule has 2 aromatic heterocycles. The smallest absolute Gasteiger partial charge is 0.174 e. The molecule has 2 aromatic carbocycles. The molecule has 1 fully saturated rings. The number of nitrogens with zero attached hydrogens (tertiary/aromatic N) is 3. The molecule has 0 radical (unpaired) electrons. The number of benzene rings is 2. The molecule has 1 N–H and O–H groups in total. The monoisotopic (exact) mass is 502 g/mol. The van der Waals surface area contributed by atoms with Crippen LogP contribution in [0.1, 0.15) is 40.3 Å². The number of hydrogen-bond acceptors (Lipinski definition) is 3. The van der Waals surface area contributed by atoms with E-state index in [0.29, 0.717) is 10.1 Å². The molecule has 0 spiro atoms. The standard InChI is InChI=1S/C28H27ClN4OS/c1-17-18(2)32(21-10-7-9-20(29)15-21)19(3)25(17)27-26(24-13-5-6-14-30-24)31-28(35)33(27)22-11-8-12-23(16-22)34-4/h5-16,26-27H,1-4H3,(H,31,35)/t26-,27-/m1/s1. The van der Waals surface area contributed by atoms with Gasteiger partial charge in [0.2, 0.25) is 0 Å². The summed E-state index contributed by atoms with van der Waals surface area (Å²) in [4.78, 5) is 6.88. The van der Waals surface area contributed by atoms with Crippen LogP contribution in [0.25, 0.3) is 5.69 Å². The van der Waals surface area contributed by atoms with Crippen LogP contribution in [-0.4, -0.2) is 21.8 Å². The number of rotatable bonds is 5. The molecule has 5 rings (SSSR count). The molecule has 2 atom stereocenters. The first-order valence-electron chi connectivity index (χ1n) is 11.5. The summed E-state index contributed by atoms with van der Waals surface area (Å²) in [5.74, 6) is 0.784. The predicted molar refractivity (Wildman–Crippen MR) is 146 cm³/mol. The lowest BCUT2D eigenvalue weighted by Gasteiger charge is -2.29. The summed E-state index contributed by atoms with van der Waals surface area (Å²) < 4.78 is 7.80. The minimum absolute atomic E-state index is 0.108. The highest BCUT2D eigenvalue weighted by Crippen LogP contribution is 2.45. The summed E-state index contributed by atoms with van der Waals surface area (Å²) in [5.41, 5.74) is 7.70. The van der Waals surface area contributed by atoms with Crippen molar-refractivity contribution in [1.82, 2.24) is 14.9 Å². The van der Waals surface area contributed by atoms with Crippen LogP contribution in [0.5, 0.6) is 5.75 Å². The minimum Gasteiger partial charge on any atom is -0.497 e. The van der Waals surface area contributed by atoms with E-state index in [1.165, 1.54) is 16.8 Å². The molecule has 7 heteroatoms. The number of methoxy groups -OCH3 is 1. The van der Waals surface area contributed by atoms with Crippen LogP contribution in [0, 0.1) is 20.8 Å². The lowest BCUT2D eigenvalue weighted by Crippen LogP contribution is -2.29. The van der Waals surface area contributed by atoms with Crippen LogP contribution >= 0.6 is 23.8 Å². The zero-order chi connectivity index (χ0) is 24.7. The molecule has 0 amide bonds. The summed E-state index contributed by atoms with van der Waals surface area (Å²) in [6.07, 6.45) is 1.83. The fraction of sp³-hybridized carbons (Fsp3) is 0.214. The highest BCUT2D eigenvalue weighted by atomic mass is 35.5. The Labute approximate surface area is 216 Å². The first kappa shape index (κ1) is 23.4. The molecule has 5 nitrogen and oxygen atoms in total. The van der Waals surface area contributed by atoms with Crippen molar-refractivity contribution in [2.24, 2.45) is 0 Å². The lowest BCUT2D eigenvalue weighted by molar-refractivity contribution is 0.415. The van der Waals surface area contributed by atoms with Crippen molar-refractivity contribution >= 4 is 34.6 Å². The Morgan fingerprint density at radius 3 is 2.43 bits per heavy atom. The van der Waals surface area contributed by atoms with Gasteiger partial charge >= 0.3 is 0 Å². The summed E-state index contributed by atoms with van der Waals surface area (Å²) in [7, 11) is 1.68. The Morgan fingerprint density at radius 2 is 1.71 bits per heavy atom. The van der Waals surface area contributed by atoms with Gasteiger partial charge in [-0.15, -0.1) is 0 Å². The number of nitrogens with one attached hydrogen (secondary N) is 1. The Hall–Kier alpha value is -3.35. The average Bonchev–Trinajstić information content (AvgIpc) is 3.31. The maximum atomic E-state index is 6.36. The van der Waals surface area contributed by atoms with E-state index in [0.717, 1.165) is 28.5 Å². The van der Waals surface area contributed by atoms with Crippen LogP contribution in [0.15, 0.2) is 72.9 Å². The third kappa shape index (κ3) is 4.07. The summed E-state index contributed by atoms with van der Waals surface area (Å²) in [6.45, 7) is 6.50. The largest absolute Gasteiger partial charge is 0.497 e. The van der Waals surface area contributed by atoms with Gasteiger partial charge in [-0.2, -0.15) is 0 Å². The molecule has 1 aliphatic rings. The van der Waals surface area contributed by atoms with E-state index in [2.05, 4.69) is 47.7 Å². The number of hydrogen-bond donors (Lipinski definition) is 1. The molecule has 178 valence electrons. The van der Waals surface area contributed by atoms with E-state index in [1.54, 1.807) is 7.11 Å². The molecular formula is C28H27ClN4OS. The lowest BCUT2D eigenvalue weighted by atomic mass is 9.93. The molecule has 3 heterocycles. The highest BCUT2D eigenvalue weighted by Gasteiger charge is 2.43. The highest BCUT2D eigenvalue weighted by molar-refractivity contribution is 7.80. The zero-order valence-corrected chi connectivity index (χ0v) is 21.7. The van der Waals surface area contributed by atoms with Crippen molar-refractivity contribution in [2.75, 3.05) is 12.0 Å². The van der Waals surface area contributed by atoms with Crippen molar-refractivity contribution < 1.29 is 4.74 Å². The molecule has 0 bridgehead atoms. The number of thiocarbonyl (C=S) groups is 1. The molecule has 0 saturated carbocycles. The fourth-order valence-corrected chi connectivity index (χ4v) is 5.66. The average molecular weight is 503 g/mol. The maximum Gasteiger partial charge on any atom is 0.174 e. The third-order valence-corrected chi connectivity index (χ3v) is 7.35. The second-order valence-electron chi connectivity index (χ2n) is 8.72. The minimum atomic E-state index is -0.123. The van der Waals surface area contributed by atoms with Crippen LogP contribution in [0.2, 0.25) is 5.02 Å². The molecule has 1 saturated heterocycles. The molecule has 0 unspecified atom stereocenters. The first-order chi connectivity index (χ1) is 16.9. The Morgan fingerprint density at radius 1 is 0.943 bits per heavy atom. The fourth-order valence-electron chi connectivity index (χ4n) is 5.13. The van der Waals surface area contributed by atoms with Gasteiger partial charge in [0.25, 0.3) is 0 Å². The second-order valence-corrected chi connectivity index (χ2v) is 9.55. The van der Waals surface area contributed by atoms with Gasteiger partial charge in [0.05, 0.1) is 24.9 Å². The molecule has 4 aromatic rings. The molecule has 1 aliphatic heterocycles. The summed E-state index contributed by atoms with van der Waals surface area (Å²) >= 11 is 12.3. The van der Waals surface area contributed by atoms with Gasteiger partial charge < -0.3 is 19.5 Å². The second kappa shape index (κ2) is 9.36. The van der Waals surface area contributed by atoms with Crippen molar-refractivity contribution in [3.8, 4) is 11.4 Å². The Balaban J connectivity index is 1.73. The zero-order valence-electron chi connectivity index (χ0n) is 20.1. The summed E-state index contributed by atoms with van der Waals surface area (Å²) in [5, 5.41) is 4.93. The molecule has 0 aliphatic carbocycles. The van der Waals surface area contributed by atoms with E-state index in [1.807, 2.05) is 60.8 Å². The van der Waals surface area contributed by atoms with Crippen molar-refractivity contribution in [1.29, 1.82) is 0 Å². The normalized spacial score (nSPS) is 17.5.